The van der Waals surface area contributed by atoms with Crippen LogP contribution < -0.4 is 0 Å². The molecule has 324 valence electrons. The van der Waals surface area contributed by atoms with Crippen LogP contribution in [-0.4, -0.2) is 119 Å². The highest BCUT2D eigenvalue weighted by Gasteiger charge is 2.36. The average molecular weight is 770 g/mol. The van der Waals surface area contributed by atoms with Crippen LogP contribution in [0.25, 0.3) is 0 Å². The largest absolute Gasteiger partial charge is 0.376 e. The Hall–Kier alpha value is -0.310. The highest BCUT2D eigenvalue weighted by molar-refractivity contribution is 4.88. The van der Waals surface area contributed by atoms with Crippen LogP contribution in [0.1, 0.15) is 154 Å². The van der Waals surface area contributed by atoms with E-state index in [4.69, 9.17) is 14.2 Å². The van der Waals surface area contributed by atoms with Crippen molar-refractivity contribution < 1.29 is 18.6 Å². The van der Waals surface area contributed by atoms with Crippen LogP contribution in [0.15, 0.2) is 0 Å². The van der Waals surface area contributed by atoms with Gasteiger partial charge < -0.3 is 28.9 Å². The number of likely N-dealkylation sites (N-methyl/N-ethyl adjacent to an activating group) is 1. The summed E-state index contributed by atoms with van der Waals surface area (Å²) in [7, 11) is 8.62. The molecule has 3 saturated heterocycles. The molecule has 0 radical (unpaired) electrons. The third-order valence-corrected chi connectivity index (χ3v) is 13.4. The second-order valence-corrected chi connectivity index (χ2v) is 21.2. The monoisotopic (exact) mass is 770 g/mol. The first kappa shape index (κ1) is 51.7. The molecule has 5 rings (SSSR count). The maximum atomic E-state index is 13.8. The molecular weight excluding hydrogens is 674 g/mol. The van der Waals surface area contributed by atoms with E-state index in [0.717, 1.165) is 82.3 Å². The number of alkyl halides is 1. The summed E-state index contributed by atoms with van der Waals surface area (Å²) >= 11 is 0. The van der Waals surface area contributed by atoms with E-state index in [-0.39, 0.29) is 17.4 Å². The van der Waals surface area contributed by atoms with Crippen molar-refractivity contribution in [3.8, 4) is 0 Å². The summed E-state index contributed by atoms with van der Waals surface area (Å²) < 4.78 is 30.2. The van der Waals surface area contributed by atoms with Crippen molar-refractivity contribution in [1.82, 2.24) is 14.7 Å². The molecule has 2 atom stereocenters. The van der Waals surface area contributed by atoms with Gasteiger partial charge in [-0.2, -0.15) is 0 Å². The van der Waals surface area contributed by atoms with E-state index in [1.165, 1.54) is 51.4 Å². The summed E-state index contributed by atoms with van der Waals surface area (Å²) in [5.74, 6) is 4.65. The number of hydrogen-bond acceptors (Lipinski definition) is 6. The van der Waals surface area contributed by atoms with Gasteiger partial charge in [-0.05, 0) is 139 Å². The molecule has 0 bridgehead atoms. The molecule has 2 aliphatic carbocycles. The van der Waals surface area contributed by atoms with Crippen molar-refractivity contribution in [3.05, 3.63) is 0 Å². The minimum absolute atomic E-state index is 0.177. The van der Waals surface area contributed by atoms with Crippen molar-refractivity contribution >= 4 is 0 Å². The molecule has 0 aromatic carbocycles. The summed E-state index contributed by atoms with van der Waals surface area (Å²) in [5.41, 5.74) is -0.0156. The molecule has 3 heterocycles. The fraction of sp³-hybridized carbons (Fsp3) is 1.00. The van der Waals surface area contributed by atoms with Gasteiger partial charge in [0.15, 0.2) is 0 Å². The van der Waals surface area contributed by atoms with Crippen molar-refractivity contribution in [1.29, 1.82) is 0 Å². The maximum Gasteiger partial charge on any atom is 0.115 e. The maximum absolute atomic E-state index is 13.8. The van der Waals surface area contributed by atoms with Gasteiger partial charge in [-0.25, -0.2) is 4.39 Å². The third-order valence-electron chi connectivity index (χ3n) is 13.4. The standard InChI is InChI=1S/C11H23N.C11H22.C9H18FN.C8H17NO.C8H16O2/c1-9(2)10-5-7-11(8-6-10)12(3)4;1-9(2)10-5-7-11(3,4)8-6-10;1-8(2)9(10)4-6-11(3)7-5-9;1-7(2)8-6-9(3)4-5-10-8;1-8(2,3)7-6-9-4-5-10-7/h9-11H,5-8H2,1-4H3;9-10H,5-8H2,1-4H3;8H,4-7H2,1-3H3;7-8H,4-6H2,1-3H3;7H,4-6H2,1-3H3. The molecule has 0 aromatic rings. The molecule has 2 saturated carbocycles. The van der Waals surface area contributed by atoms with Gasteiger partial charge in [-0.15, -0.1) is 0 Å². The van der Waals surface area contributed by atoms with Gasteiger partial charge in [0.2, 0.25) is 0 Å². The lowest BCUT2D eigenvalue weighted by Gasteiger charge is -2.37. The minimum Gasteiger partial charge on any atom is -0.376 e. The number of likely N-dealkylation sites (tertiary alicyclic amines) is 1. The van der Waals surface area contributed by atoms with E-state index in [1.807, 2.05) is 13.8 Å². The zero-order valence-electron chi connectivity index (χ0n) is 39.4. The smallest absolute Gasteiger partial charge is 0.115 e. The number of ether oxygens (including phenoxy) is 3. The molecule has 6 nitrogen and oxygen atoms in total. The van der Waals surface area contributed by atoms with E-state index in [0.29, 0.717) is 30.3 Å². The van der Waals surface area contributed by atoms with E-state index >= 15 is 0 Å². The summed E-state index contributed by atoms with van der Waals surface area (Å²) in [6, 6.07) is 0.861. The Morgan fingerprint density at radius 3 is 1.52 bits per heavy atom. The first-order chi connectivity index (χ1) is 25.0. The first-order valence-corrected chi connectivity index (χ1v) is 22.5. The van der Waals surface area contributed by atoms with Gasteiger partial charge in [0.05, 0.1) is 38.6 Å². The van der Waals surface area contributed by atoms with E-state index < -0.39 is 5.67 Å². The lowest BCUT2D eigenvalue weighted by molar-refractivity contribution is -0.128. The SMILES string of the molecule is CC(C)(C)C1COCCO1.CC(C)C1(F)CCN(C)CC1.CC(C)C1CCC(C)(C)CC1.CC(C)C1CCC(N(C)C)CC1.CC(C)C1CN(C)CCO1. The zero-order chi connectivity index (χ0) is 41.3. The Labute approximate surface area is 337 Å². The quantitative estimate of drug-likeness (QED) is 0.277. The molecule has 0 aromatic heterocycles. The lowest BCUT2D eigenvalue weighted by Crippen LogP contribution is -2.42. The number of piperidine rings is 1. The predicted octanol–water partition coefficient (Wildman–Crippen LogP) is 11.1. The van der Waals surface area contributed by atoms with Crippen LogP contribution in [0.3, 0.4) is 0 Å². The summed E-state index contributed by atoms with van der Waals surface area (Å²) in [6.07, 6.45) is 13.7. The van der Waals surface area contributed by atoms with Gasteiger partial charge in [0.1, 0.15) is 5.67 Å². The lowest BCUT2D eigenvalue weighted by atomic mass is 9.70. The first-order valence-electron chi connectivity index (χ1n) is 22.5. The number of nitrogens with zero attached hydrogens (tertiary/aromatic N) is 3. The predicted molar refractivity (Wildman–Crippen MR) is 232 cm³/mol. The Morgan fingerprint density at radius 2 is 1.17 bits per heavy atom. The zero-order valence-corrected chi connectivity index (χ0v) is 39.4. The van der Waals surface area contributed by atoms with Crippen molar-refractivity contribution in [2.75, 3.05) is 80.8 Å². The van der Waals surface area contributed by atoms with Crippen LogP contribution >= 0.6 is 0 Å². The summed E-state index contributed by atoms with van der Waals surface area (Å²) in [6.45, 7) is 36.3. The molecule has 0 spiro atoms. The Morgan fingerprint density at radius 1 is 0.648 bits per heavy atom. The van der Waals surface area contributed by atoms with Crippen molar-refractivity contribution in [2.45, 2.75) is 178 Å². The van der Waals surface area contributed by atoms with Crippen molar-refractivity contribution in [2.24, 2.45) is 46.3 Å². The van der Waals surface area contributed by atoms with Gasteiger partial charge in [-0.1, -0.05) is 90.0 Å². The molecule has 5 fully saturated rings. The Balaban J connectivity index is 0.000000338. The fourth-order valence-corrected chi connectivity index (χ4v) is 8.14. The molecular formula is C47H96FN3O3. The van der Waals surface area contributed by atoms with Gasteiger partial charge in [0.25, 0.3) is 0 Å². The molecule has 3 aliphatic heterocycles. The Bertz CT molecular complexity index is 901. The fourth-order valence-electron chi connectivity index (χ4n) is 8.14. The summed E-state index contributed by atoms with van der Waals surface area (Å²) in [4.78, 5) is 6.91. The van der Waals surface area contributed by atoms with Crippen LogP contribution in [-0.2, 0) is 14.2 Å². The molecule has 0 N–H and O–H groups in total. The molecule has 2 unspecified atom stereocenters. The highest BCUT2D eigenvalue weighted by Crippen LogP contribution is 2.40. The van der Waals surface area contributed by atoms with Crippen LogP contribution in [0.5, 0.6) is 0 Å². The van der Waals surface area contributed by atoms with Crippen LogP contribution in [0.4, 0.5) is 4.39 Å². The molecule has 5 aliphatic rings. The van der Waals surface area contributed by atoms with Crippen molar-refractivity contribution in [3.63, 3.8) is 0 Å². The average Bonchev–Trinajstić information content (AvgIpc) is 3.10. The van der Waals surface area contributed by atoms with E-state index in [9.17, 15) is 4.39 Å². The number of halogens is 1. The van der Waals surface area contributed by atoms with Crippen LogP contribution in [0, 0.1) is 46.3 Å². The minimum atomic E-state index is -0.882. The third kappa shape index (κ3) is 20.9. The second kappa shape index (κ2) is 25.2. The highest BCUT2D eigenvalue weighted by atomic mass is 19.1. The number of hydrogen-bond donors (Lipinski definition) is 0. The van der Waals surface area contributed by atoms with E-state index in [1.54, 1.807) is 0 Å². The number of morpholine rings is 1. The topological polar surface area (TPSA) is 37.4 Å². The molecule has 7 heteroatoms. The second-order valence-electron chi connectivity index (χ2n) is 21.2. The van der Waals surface area contributed by atoms with E-state index in [2.05, 4.69) is 119 Å². The van der Waals surface area contributed by atoms with Crippen LogP contribution in [0.2, 0.25) is 0 Å². The van der Waals surface area contributed by atoms with Gasteiger partial charge in [-0.3, -0.25) is 0 Å². The van der Waals surface area contributed by atoms with Gasteiger partial charge in [0, 0.05) is 32.2 Å². The summed E-state index contributed by atoms with van der Waals surface area (Å²) in [5, 5.41) is 0. The molecule has 0 amide bonds. The molecule has 54 heavy (non-hydrogen) atoms. The van der Waals surface area contributed by atoms with Gasteiger partial charge >= 0.3 is 0 Å². The Kier molecular flexibility index (Phi) is 24.2. The normalized spacial score (nSPS) is 28.3. The number of rotatable bonds is 5.